The molecular formula is C18H24N4O2. The first kappa shape index (κ1) is 16.7. The van der Waals surface area contributed by atoms with Gasteiger partial charge in [0.2, 0.25) is 11.8 Å². The molecule has 1 aromatic carbocycles. The zero-order chi connectivity index (χ0) is 17.1. The molecule has 0 bridgehead atoms. The van der Waals surface area contributed by atoms with Gasteiger partial charge in [-0.2, -0.15) is 0 Å². The highest BCUT2D eigenvalue weighted by atomic mass is 16.5. The fraction of sp³-hybridized carbons (Fsp3) is 0.444. The maximum absolute atomic E-state index is 12.5. The van der Waals surface area contributed by atoms with Gasteiger partial charge in [-0.25, -0.2) is 4.98 Å². The Labute approximate surface area is 142 Å². The van der Waals surface area contributed by atoms with E-state index in [0.29, 0.717) is 5.88 Å². The lowest BCUT2D eigenvalue weighted by atomic mass is 10.1. The summed E-state index contributed by atoms with van der Waals surface area (Å²) in [6.07, 6.45) is 0. The lowest BCUT2D eigenvalue weighted by Gasteiger charge is -2.35. The second-order valence-corrected chi connectivity index (χ2v) is 6.27. The topological polar surface area (TPSA) is 57.7 Å². The van der Waals surface area contributed by atoms with E-state index < -0.39 is 0 Å². The van der Waals surface area contributed by atoms with Crippen LogP contribution in [0.4, 0.5) is 5.69 Å². The fourth-order valence-electron chi connectivity index (χ4n) is 2.92. The lowest BCUT2D eigenvalue weighted by molar-refractivity contribution is -0.121. The van der Waals surface area contributed by atoms with Crippen molar-refractivity contribution < 1.29 is 9.53 Å². The van der Waals surface area contributed by atoms with E-state index in [-0.39, 0.29) is 11.9 Å². The number of methoxy groups -OCH3 is 1. The molecule has 0 aliphatic carbocycles. The molecule has 0 spiro atoms. The SMILES string of the molecule is COc1ccc2cc(NC(=O)[C@@H](C)N3CCN(C)CC3)ccc2n1. The van der Waals surface area contributed by atoms with Gasteiger partial charge in [-0.15, -0.1) is 0 Å². The highest BCUT2D eigenvalue weighted by Gasteiger charge is 2.24. The number of fused-ring (bicyclic) bond motifs is 1. The Bertz CT molecular complexity index is 726. The number of anilines is 1. The quantitative estimate of drug-likeness (QED) is 0.928. The van der Waals surface area contributed by atoms with Crippen LogP contribution in [0.3, 0.4) is 0 Å². The van der Waals surface area contributed by atoms with E-state index in [9.17, 15) is 4.79 Å². The molecule has 1 fully saturated rings. The number of carbonyl (C=O) groups is 1. The van der Waals surface area contributed by atoms with E-state index in [2.05, 4.69) is 27.1 Å². The van der Waals surface area contributed by atoms with Crippen molar-refractivity contribution in [1.82, 2.24) is 14.8 Å². The number of pyridine rings is 1. The van der Waals surface area contributed by atoms with Crippen LogP contribution in [0.15, 0.2) is 30.3 Å². The summed E-state index contributed by atoms with van der Waals surface area (Å²) >= 11 is 0. The molecule has 1 N–H and O–H groups in total. The van der Waals surface area contributed by atoms with E-state index in [1.165, 1.54) is 0 Å². The first-order valence-electron chi connectivity index (χ1n) is 8.25. The van der Waals surface area contributed by atoms with Crippen molar-refractivity contribution in [2.45, 2.75) is 13.0 Å². The monoisotopic (exact) mass is 328 g/mol. The Balaban J connectivity index is 1.68. The molecule has 6 heteroatoms. The maximum Gasteiger partial charge on any atom is 0.241 e. The summed E-state index contributed by atoms with van der Waals surface area (Å²) in [7, 11) is 3.71. The third-order valence-electron chi connectivity index (χ3n) is 4.61. The van der Waals surface area contributed by atoms with Crippen molar-refractivity contribution in [1.29, 1.82) is 0 Å². The van der Waals surface area contributed by atoms with Crippen LogP contribution in [0.2, 0.25) is 0 Å². The number of rotatable bonds is 4. The first-order valence-corrected chi connectivity index (χ1v) is 8.25. The molecule has 3 rings (SSSR count). The van der Waals surface area contributed by atoms with Crippen LogP contribution >= 0.6 is 0 Å². The summed E-state index contributed by atoms with van der Waals surface area (Å²) < 4.78 is 5.13. The standard InChI is InChI=1S/C18H24N4O2/c1-13(22-10-8-21(2)9-11-22)18(23)19-15-5-6-16-14(12-15)4-7-17(20-16)24-3/h4-7,12-13H,8-11H2,1-3H3,(H,19,23)/t13-/m1/s1. The average molecular weight is 328 g/mol. The molecule has 1 atom stereocenters. The fourth-order valence-corrected chi connectivity index (χ4v) is 2.92. The molecule has 1 aromatic heterocycles. The summed E-state index contributed by atoms with van der Waals surface area (Å²) in [4.78, 5) is 21.4. The molecule has 128 valence electrons. The van der Waals surface area contributed by atoms with Gasteiger partial charge in [-0.1, -0.05) is 0 Å². The van der Waals surface area contributed by atoms with Crippen LogP contribution in [0.1, 0.15) is 6.92 Å². The summed E-state index contributed by atoms with van der Waals surface area (Å²) in [5.74, 6) is 0.614. The Morgan fingerprint density at radius 2 is 1.96 bits per heavy atom. The Kier molecular flexibility index (Phi) is 4.97. The average Bonchev–Trinajstić information content (AvgIpc) is 2.61. The van der Waals surface area contributed by atoms with Crippen molar-refractivity contribution in [2.24, 2.45) is 0 Å². The predicted molar refractivity (Wildman–Crippen MR) is 95.5 cm³/mol. The van der Waals surface area contributed by atoms with Crippen molar-refractivity contribution >= 4 is 22.5 Å². The first-order chi connectivity index (χ1) is 11.6. The number of amides is 1. The molecule has 24 heavy (non-hydrogen) atoms. The molecule has 6 nitrogen and oxygen atoms in total. The number of hydrogen-bond donors (Lipinski definition) is 1. The second-order valence-electron chi connectivity index (χ2n) is 6.27. The Morgan fingerprint density at radius 1 is 1.21 bits per heavy atom. The predicted octanol–water partition coefficient (Wildman–Crippen LogP) is 1.82. The van der Waals surface area contributed by atoms with Crippen molar-refractivity contribution in [2.75, 3.05) is 45.7 Å². The van der Waals surface area contributed by atoms with E-state index in [4.69, 9.17) is 4.74 Å². The number of ether oxygens (including phenoxy) is 1. The highest BCUT2D eigenvalue weighted by Crippen LogP contribution is 2.21. The number of nitrogens with zero attached hydrogens (tertiary/aromatic N) is 3. The number of benzene rings is 1. The highest BCUT2D eigenvalue weighted by molar-refractivity contribution is 5.96. The lowest BCUT2D eigenvalue weighted by Crippen LogP contribution is -2.51. The zero-order valence-corrected chi connectivity index (χ0v) is 14.5. The maximum atomic E-state index is 12.5. The van der Waals surface area contributed by atoms with Gasteiger partial charge in [0, 0.05) is 43.3 Å². The number of aromatic nitrogens is 1. The normalized spacial score (nSPS) is 17.6. The minimum absolute atomic E-state index is 0.0281. The molecule has 2 aromatic rings. The third-order valence-corrected chi connectivity index (χ3v) is 4.61. The number of likely N-dealkylation sites (N-methyl/N-ethyl adjacent to an activating group) is 1. The molecule has 0 saturated carbocycles. The summed E-state index contributed by atoms with van der Waals surface area (Å²) in [5.41, 5.74) is 1.64. The third kappa shape index (κ3) is 3.66. The van der Waals surface area contributed by atoms with Gasteiger partial charge in [0.05, 0.1) is 18.7 Å². The number of carbonyl (C=O) groups excluding carboxylic acids is 1. The Morgan fingerprint density at radius 3 is 2.67 bits per heavy atom. The van der Waals surface area contributed by atoms with E-state index >= 15 is 0 Å². The smallest absolute Gasteiger partial charge is 0.241 e. The molecule has 2 heterocycles. The zero-order valence-electron chi connectivity index (χ0n) is 14.5. The second kappa shape index (κ2) is 7.15. The number of hydrogen-bond acceptors (Lipinski definition) is 5. The Hall–Kier alpha value is -2.18. The largest absolute Gasteiger partial charge is 0.481 e. The molecule has 1 aliphatic rings. The van der Waals surface area contributed by atoms with Gasteiger partial charge >= 0.3 is 0 Å². The van der Waals surface area contributed by atoms with E-state index in [0.717, 1.165) is 42.8 Å². The molecule has 1 aliphatic heterocycles. The van der Waals surface area contributed by atoms with Crippen LogP contribution in [0.25, 0.3) is 10.9 Å². The van der Waals surface area contributed by atoms with Gasteiger partial charge < -0.3 is 15.0 Å². The van der Waals surface area contributed by atoms with Gasteiger partial charge in [-0.05, 0) is 38.2 Å². The van der Waals surface area contributed by atoms with Crippen LogP contribution in [-0.4, -0.2) is 67.1 Å². The van der Waals surface area contributed by atoms with Crippen molar-refractivity contribution in [3.63, 3.8) is 0 Å². The number of nitrogens with one attached hydrogen (secondary N) is 1. The van der Waals surface area contributed by atoms with E-state index in [1.807, 2.05) is 37.3 Å². The van der Waals surface area contributed by atoms with Crippen molar-refractivity contribution in [3.05, 3.63) is 30.3 Å². The minimum atomic E-state index is -0.136. The molecular weight excluding hydrogens is 304 g/mol. The summed E-state index contributed by atoms with van der Waals surface area (Å²) in [5, 5.41) is 3.99. The molecule has 0 radical (unpaired) electrons. The summed E-state index contributed by atoms with van der Waals surface area (Å²) in [6.45, 7) is 5.81. The minimum Gasteiger partial charge on any atom is -0.481 e. The van der Waals surface area contributed by atoms with Crippen LogP contribution < -0.4 is 10.1 Å². The molecule has 0 unspecified atom stereocenters. The van der Waals surface area contributed by atoms with Crippen LogP contribution in [0, 0.1) is 0 Å². The summed E-state index contributed by atoms with van der Waals surface area (Å²) in [6, 6.07) is 9.35. The van der Waals surface area contributed by atoms with Gasteiger partial charge in [0.1, 0.15) is 0 Å². The van der Waals surface area contributed by atoms with Gasteiger partial charge in [0.25, 0.3) is 0 Å². The van der Waals surface area contributed by atoms with E-state index in [1.54, 1.807) is 7.11 Å². The van der Waals surface area contributed by atoms with Gasteiger partial charge in [0.15, 0.2) is 0 Å². The van der Waals surface area contributed by atoms with Crippen molar-refractivity contribution in [3.8, 4) is 5.88 Å². The van der Waals surface area contributed by atoms with Gasteiger partial charge in [-0.3, -0.25) is 9.69 Å². The van der Waals surface area contributed by atoms with Crippen LogP contribution in [-0.2, 0) is 4.79 Å². The molecule has 1 saturated heterocycles. The number of piperazine rings is 1. The van der Waals surface area contributed by atoms with Crippen LogP contribution in [0.5, 0.6) is 5.88 Å². The molecule has 1 amide bonds.